The predicted octanol–water partition coefficient (Wildman–Crippen LogP) is 0.210. The van der Waals surface area contributed by atoms with Crippen LogP contribution in [0.2, 0.25) is 0 Å². The standard InChI is InChI=1S/6C6H10O3.2C4H9.2Zr/c6*1-2-3-5(7)4-6(8)9;2*1-3-4-2;;/h6*2-4H2,1H3,(H,8,9);2*3H,4H2,1-2H3;;/q;;;;;;2*-1;2*+4/p-6. The minimum atomic E-state index is -1.28. The van der Waals surface area contributed by atoms with Crippen LogP contribution in [0.4, 0.5) is 0 Å². The first-order chi connectivity index (χ1) is 28.8. The molecular weight excluding hydrogens is 999 g/mol. The van der Waals surface area contributed by atoms with E-state index in [0.29, 0.717) is 77.0 Å². The summed E-state index contributed by atoms with van der Waals surface area (Å²) in [5, 5.41) is 58.5. The Labute approximate surface area is 419 Å². The van der Waals surface area contributed by atoms with E-state index in [-0.39, 0.29) is 87.1 Å². The van der Waals surface area contributed by atoms with E-state index in [1.54, 1.807) is 0 Å². The molecule has 364 valence electrons. The summed E-state index contributed by atoms with van der Waals surface area (Å²) in [5.41, 5.74) is 0. The Morgan fingerprint density at radius 3 is 0.422 bits per heavy atom. The van der Waals surface area contributed by atoms with E-state index in [1.807, 2.05) is 41.5 Å². The van der Waals surface area contributed by atoms with Crippen LogP contribution in [0.5, 0.6) is 0 Å². The van der Waals surface area contributed by atoms with Crippen molar-refractivity contribution in [2.24, 2.45) is 0 Å². The van der Waals surface area contributed by atoms with Gasteiger partial charge in [0, 0.05) is 113 Å². The van der Waals surface area contributed by atoms with Gasteiger partial charge in [-0.15, -0.1) is 0 Å². The van der Waals surface area contributed by atoms with Gasteiger partial charge in [-0.1, -0.05) is 55.4 Å². The second-order valence-electron chi connectivity index (χ2n) is 12.7. The van der Waals surface area contributed by atoms with Crippen molar-refractivity contribution in [1.29, 1.82) is 0 Å². The van der Waals surface area contributed by atoms with Gasteiger partial charge in [0.05, 0.1) is 0 Å². The second kappa shape index (κ2) is 68.7. The summed E-state index contributed by atoms with van der Waals surface area (Å²) in [6, 6.07) is 0. The van der Waals surface area contributed by atoms with Crippen molar-refractivity contribution >= 4 is 70.5 Å². The predicted molar refractivity (Wildman–Crippen MR) is 218 cm³/mol. The van der Waals surface area contributed by atoms with Crippen molar-refractivity contribution in [3.05, 3.63) is 12.8 Å². The Balaban J connectivity index is -0.0000000657. The SMILES string of the molecule is CCCC(=O)CC(=O)[O-].CCCC(=O)CC(=O)[O-].CCCC(=O)CC(=O)[O-].CCCC(=O)CC(=O)[O-].CCCC(=O)CC(=O)[O-].CCCC(=O)CC(=O)[O-].C[CH-]CC.C[CH-]CC.[Zr+4].[Zr+4]. The second-order valence-corrected chi connectivity index (χ2v) is 12.7. The van der Waals surface area contributed by atoms with Gasteiger partial charge in [-0.3, -0.25) is 28.8 Å². The number of carboxylic acid groups (broad SMARTS) is 6. The van der Waals surface area contributed by atoms with Gasteiger partial charge in [0.25, 0.3) is 0 Å². The van der Waals surface area contributed by atoms with Crippen molar-refractivity contribution in [3.63, 3.8) is 0 Å². The maximum absolute atomic E-state index is 10.4. The largest absolute Gasteiger partial charge is 4.00 e. The molecule has 0 aromatic carbocycles. The average molecular weight is 1070 g/mol. The first kappa shape index (κ1) is 84.1. The summed E-state index contributed by atoms with van der Waals surface area (Å²) in [6.45, 7) is 19.3. The number of hydrogen-bond donors (Lipinski definition) is 0. The summed E-state index contributed by atoms with van der Waals surface area (Å²) in [7, 11) is 0. The van der Waals surface area contributed by atoms with Crippen LogP contribution < -0.4 is 30.6 Å². The van der Waals surface area contributed by atoms with Gasteiger partial charge in [-0.2, -0.15) is 26.7 Å². The Morgan fingerprint density at radius 2 is 0.375 bits per heavy atom. The van der Waals surface area contributed by atoms with E-state index in [9.17, 15) is 88.2 Å². The summed E-state index contributed by atoms with van der Waals surface area (Å²) in [6.07, 6.45) is 10.3. The van der Waals surface area contributed by atoms with Gasteiger partial charge in [0.15, 0.2) is 0 Å². The van der Waals surface area contributed by atoms with Crippen LogP contribution in [0.25, 0.3) is 0 Å². The molecule has 0 aliphatic heterocycles. The molecule has 20 heteroatoms. The zero-order valence-electron chi connectivity index (χ0n) is 39.6. The first-order valence-corrected chi connectivity index (χ1v) is 20.7. The minimum absolute atomic E-state index is 0. The van der Waals surface area contributed by atoms with Gasteiger partial charge >= 0.3 is 52.4 Å². The van der Waals surface area contributed by atoms with Crippen LogP contribution >= 0.6 is 0 Å². The van der Waals surface area contributed by atoms with Crippen molar-refractivity contribution in [2.75, 3.05) is 0 Å². The minimum Gasteiger partial charge on any atom is -0.550 e. The Morgan fingerprint density at radius 1 is 0.281 bits per heavy atom. The normalized spacial score (nSPS) is 8.53. The molecule has 0 saturated heterocycles. The van der Waals surface area contributed by atoms with Crippen molar-refractivity contribution < 1.29 is 141 Å². The Bertz CT molecular complexity index is 1010. The molecule has 0 aromatic rings. The Kier molecular flexibility index (Phi) is 90.2. The number of carbonyl (C=O) groups is 12. The van der Waals surface area contributed by atoms with Crippen molar-refractivity contribution in [3.8, 4) is 0 Å². The molecule has 0 N–H and O–H groups in total. The average Bonchev–Trinajstić information content (AvgIpc) is 3.12. The number of aliphatic carboxylic acids is 6. The molecule has 0 radical (unpaired) electrons. The van der Waals surface area contributed by atoms with Crippen LogP contribution in [0.3, 0.4) is 0 Å². The van der Waals surface area contributed by atoms with Crippen LogP contribution in [-0.2, 0) is 110 Å². The molecule has 0 unspecified atom stereocenters. The molecule has 0 rings (SSSR count). The third-order valence-corrected chi connectivity index (χ3v) is 6.04. The number of carboxylic acids is 6. The monoisotopic (exact) mass is 1070 g/mol. The van der Waals surface area contributed by atoms with Gasteiger partial charge in [0.2, 0.25) is 0 Å². The zero-order chi connectivity index (χ0) is 50.5. The third-order valence-electron chi connectivity index (χ3n) is 6.04. The molecule has 64 heavy (non-hydrogen) atoms. The maximum Gasteiger partial charge on any atom is 4.00 e. The molecule has 0 bridgehead atoms. The molecule has 0 aliphatic carbocycles. The van der Waals surface area contributed by atoms with Crippen LogP contribution in [0.15, 0.2) is 0 Å². The van der Waals surface area contributed by atoms with Crippen LogP contribution in [0, 0.1) is 12.8 Å². The fourth-order valence-electron chi connectivity index (χ4n) is 3.17. The van der Waals surface area contributed by atoms with E-state index >= 15 is 0 Å². The molecule has 0 saturated carbocycles. The van der Waals surface area contributed by atoms with E-state index in [2.05, 4.69) is 40.5 Å². The van der Waals surface area contributed by atoms with E-state index in [1.165, 1.54) is 12.8 Å². The molecule has 0 aromatic heterocycles. The van der Waals surface area contributed by atoms with Gasteiger partial charge in [-0.25, -0.2) is 0 Å². The number of rotatable bonds is 26. The topological polar surface area (TPSA) is 343 Å². The number of carbonyl (C=O) groups excluding carboxylic acids is 12. The molecule has 0 amide bonds. The van der Waals surface area contributed by atoms with Crippen molar-refractivity contribution in [1.82, 2.24) is 0 Å². The summed E-state index contributed by atoms with van der Waals surface area (Å²) >= 11 is 0. The summed E-state index contributed by atoms with van der Waals surface area (Å²) in [5.74, 6) is -9.22. The number of ketones is 6. The fourth-order valence-corrected chi connectivity index (χ4v) is 3.17. The zero-order valence-corrected chi connectivity index (χ0v) is 44.6. The smallest absolute Gasteiger partial charge is 0.550 e. The molecule has 0 atom stereocenters. The van der Waals surface area contributed by atoms with Gasteiger partial charge < -0.3 is 72.2 Å². The molecule has 0 aliphatic rings. The molecular formula is C44H72O18Zr2. The maximum atomic E-state index is 10.4. The van der Waals surface area contributed by atoms with Gasteiger partial charge in [-0.05, 0) is 38.5 Å². The van der Waals surface area contributed by atoms with E-state index in [4.69, 9.17) is 0 Å². The molecule has 0 spiro atoms. The van der Waals surface area contributed by atoms with E-state index in [0.717, 1.165) is 0 Å². The number of hydrogen-bond acceptors (Lipinski definition) is 18. The van der Waals surface area contributed by atoms with Crippen LogP contribution in [0.1, 0.15) is 198 Å². The summed E-state index contributed by atoms with van der Waals surface area (Å²) in [4.78, 5) is 121. The quantitative estimate of drug-likeness (QED) is 0.0825. The number of Topliss-reactive ketones (excluding diaryl/α,β-unsaturated/α-hetero) is 6. The van der Waals surface area contributed by atoms with Gasteiger partial charge in [0.1, 0.15) is 34.7 Å². The fraction of sp³-hybridized carbons (Fsp3) is 0.682. The Hall–Kier alpha value is -3.39. The van der Waals surface area contributed by atoms with Crippen molar-refractivity contribution in [2.45, 2.75) is 198 Å². The first-order valence-electron chi connectivity index (χ1n) is 20.7. The molecule has 0 heterocycles. The number of unbranched alkanes of at least 4 members (excludes halogenated alkanes) is 2. The van der Waals surface area contributed by atoms with Crippen LogP contribution in [-0.4, -0.2) is 70.5 Å². The summed E-state index contributed by atoms with van der Waals surface area (Å²) < 4.78 is 0. The molecule has 0 fully saturated rings. The third kappa shape index (κ3) is 118. The van der Waals surface area contributed by atoms with E-state index < -0.39 is 74.3 Å². The molecule has 18 nitrogen and oxygen atoms in total.